The van der Waals surface area contributed by atoms with E-state index in [1.807, 2.05) is 0 Å². The van der Waals surface area contributed by atoms with Crippen molar-refractivity contribution in [2.45, 2.75) is 57.2 Å². The van der Waals surface area contributed by atoms with Crippen LogP contribution in [0.25, 0.3) is 0 Å². The minimum atomic E-state index is -0.428. The topological polar surface area (TPSA) is 50.4 Å². The molecule has 4 nitrogen and oxygen atoms in total. The third-order valence-electron chi connectivity index (χ3n) is 5.20. The summed E-state index contributed by atoms with van der Waals surface area (Å²) in [5.41, 5.74) is 0.402. The van der Waals surface area contributed by atoms with Gasteiger partial charge in [-0.1, -0.05) is 18.9 Å². The first kappa shape index (κ1) is 19.0. The number of amides is 1. The number of rotatable bonds is 4. The predicted octanol–water partition coefficient (Wildman–Crippen LogP) is 3.35. The molecule has 4 unspecified atom stereocenters. The number of carbonyl (C=O) groups excluding carboxylic acids is 1. The quantitative estimate of drug-likeness (QED) is 0.869. The molecular formula is C18H26ClFN2O2. The molecule has 2 aliphatic rings. The lowest BCUT2D eigenvalue weighted by atomic mass is 9.85. The zero-order chi connectivity index (χ0) is 16.4. The number of carbonyl (C=O) groups is 1. The van der Waals surface area contributed by atoms with Gasteiger partial charge in [-0.2, -0.15) is 0 Å². The molecule has 1 amide bonds. The SMILES string of the molecule is COc1cccc(F)c1C(C)NC(=O)C1CC2CCCCC2N1.Cl. The van der Waals surface area contributed by atoms with Crippen molar-refractivity contribution < 1.29 is 13.9 Å². The normalized spacial score (nSPS) is 26.9. The highest BCUT2D eigenvalue weighted by Crippen LogP contribution is 2.34. The van der Waals surface area contributed by atoms with Crippen molar-refractivity contribution in [1.29, 1.82) is 0 Å². The summed E-state index contributed by atoms with van der Waals surface area (Å²) in [6.45, 7) is 1.79. The summed E-state index contributed by atoms with van der Waals surface area (Å²) in [5.74, 6) is 0.672. The summed E-state index contributed by atoms with van der Waals surface area (Å²) in [4.78, 5) is 12.5. The van der Waals surface area contributed by atoms with Crippen LogP contribution in [0.3, 0.4) is 0 Å². The zero-order valence-electron chi connectivity index (χ0n) is 14.2. The summed E-state index contributed by atoms with van der Waals surface area (Å²) in [7, 11) is 1.51. The lowest BCUT2D eigenvalue weighted by molar-refractivity contribution is -0.123. The van der Waals surface area contributed by atoms with E-state index in [1.54, 1.807) is 19.1 Å². The molecule has 24 heavy (non-hydrogen) atoms. The van der Waals surface area contributed by atoms with Crippen LogP contribution >= 0.6 is 12.4 Å². The number of ether oxygens (including phenoxy) is 1. The molecule has 1 aromatic carbocycles. The molecule has 1 saturated heterocycles. The molecule has 2 fully saturated rings. The Balaban J connectivity index is 0.00000208. The van der Waals surface area contributed by atoms with Gasteiger partial charge in [-0.15, -0.1) is 12.4 Å². The fraction of sp³-hybridized carbons (Fsp3) is 0.611. The molecule has 2 N–H and O–H groups in total. The number of nitrogens with one attached hydrogen (secondary N) is 2. The Bertz CT molecular complexity index is 570. The molecule has 6 heteroatoms. The fourth-order valence-corrected chi connectivity index (χ4v) is 4.02. The summed E-state index contributed by atoms with van der Waals surface area (Å²) in [6.07, 6.45) is 5.76. The van der Waals surface area contributed by atoms with Gasteiger partial charge in [-0.05, 0) is 44.2 Å². The highest BCUT2D eigenvalue weighted by Gasteiger charge is 2.38. The van der Waals surface area contributed by atoms with Gasteiger partial charge in [0.15, 0.2) is 0 Å². The van der Waals surface area contributed by atoms with Gasteiger partial charge >= 0.3 is 0 Å². The van der Waals surface area contributed by atoms with E-state index in [0.29, 0.717) is 23.3 Å². The minimum absolute atomic E-state index is 0. The van der Waals surface area contributed by atoms with E-state index >= 15 is 0 Å². The highest BCUT2D eigenvalue weighted by atomic mass is 35.5. The van der Waals surface area contributed by atoms with E-state index in [9.17, 15) is 9.18 Å². The van der Waals surface area contributed by atoms with Crippen molar-refractivity contribution in [2.75, 3.05) is 7.11 Å². The zero-order valence-corrected chi connectivity index (χ0v) is 15.0. The maximum atomic E-state index is 14.1. The third kappa shape index (κ3) is 3.83. The average molecular weight is 357 g/mol. The van der Waals surface area contributed by atoms with E-state index in [-0.39, 0.29) is 30.2 Å². The molecular weight excluding hydrogens is 331 g/mol. The minimum Gasteiger partial charge on any atom is -0.496 e. The Morgan fingerprint density at radius 1 is 1.38 bits per heavy atom. The van der Waals surface area contributed by atoms with E-state index in [4.69, 9.17) is 4.74 Å². The molecule has 1 aromatic rings. The van der Waals surface area contributed by atoms with Crippen LogP contribution in [0, 0.1) is 11.7 Å². The van der Waals surface area contributed by atoms with Crippen LogP contribution in [0.15, 0.2) is 18.2 Å². The number of halogens is 2. The Labute approximate surface area is 148 Å². The van der Waals surface area contributed by atoms with Gasteiger partial charge in [0, 0.05) is 6.04 Å². The van der Waals surface area contributed by atoms with Gasteiger partial charge in [0.25, 0.3) is 0 Å². The van der Waals surface area contributed by atoms with Crippen LogP contribution in [0.5, 0.6) is 5.75 Å². The van der Waals surface area contributed by atoms with Crippen molar-refractivity contribution in [3.05, 3.63) is 29.6 Å². The van der Waals surface area contributed by atoms with Crippen molar-refractivity contribution in [2.24, 2.45) is 5.92 Å². The number of fused-ring (bicyclic) bond motifs is 1. The van der Waals surface area contributed by atoms with Crippen LogP contribution < -0.4 is 15.4 Å². The number of methoxy groups -OCH3 is 1. The summed E-state index contributed by atoms with van der Waals surface area (Å²) in [6, 6.07) is 4.59. The molecule has 0 spiro atoms. The van der Waals surface area contributed by atoms with Crippen LogP contribution in [-0.4, -0.2) is 25.1 Å². The second-order valence-electron chi connectivity index (χ2n) is 6.69. The van der Waals surface area contributed by atoms with Crippen molar-refractivity contribution in [1.82, 2.24) is 10.6 Å². The summed E-state index contributed by atoms with van der Waals surface area (Å²) in [5, 5.41) is 6.40. The molecule has 0 bridgehead atoms. The van der Waals surface area contributed by atoms with E-state index in [1.165, 1.54) is 32.4 Å². The van der Waals surface area contributed by atoms with Crippen molar-refractivity contribution in [3.8, 4) is 5.75 Å². The third-order valence-corrected chi connectivity index (χ3v) is 5.20. The van der Waals surface area contributed by atoms with Gasteiger partial charge in [0.2, 0.25) is 5.91 Å². The van der Waals surface area contributed by atoms with Gasteiger partial charge in [-0.3, -0.25) is 4.79 Å². The molecule has 1 aliphatic carbocycles. The standard InChI is InChI=1S/C18H25FN2O2.ClH/c1-11(17-13(19)7-5-9-16(17)23-2)20-18(22)15-10-12-6-3-4-8-14(12)21-15;/h5,7,9,11-12,14-15,21H,3-4,6,8,10H2,1-2H3,(H,20,22);1H. The number of benzene rings is 1. The van der Waals surface area contributed by atoms with Crippen molar-refractivity contribution >= 4 is 18.3 Å². The highest BCUT2D eigenvalue weighted by molar-refractivity contribution is 5.85. The van der Waals surface area contributed by atoms with Crippen LogP contribution in [-0.2, 0) is 4.79 Å². The molecule has 1 aliphatic heterocycles. The Morgan fingerprint density at radius 2 is 2.12 bits per heavy atom. The first-order valence-electron chi connectivity index (χ1n) is 8.49. The van der Waals surface area contributed by atoms with Crippen LogP contribution in [0.4, 0.5) is 4.39 Å². The maximum absolute atomic E-state index is 14.1. The van der Waals surface area contributed by atoms with Crippen LogP contribution in [0.2, 0.25) is 0 Å². The lowest BCUT2D eigenvalue weighted by Gasteiger charge is -2.24. The van der Waals surface area contributed by atoms with E-state index < -0.39 is 6.04 Å². The molecule has 3 rings (SSSR count). The molecule has 134 valence electrons. The summed E-state index contributed by atoms with van der Waals surface area (Å²) >= 11 is 0. The molecule has 1 saturated carbocycles. The molecule has 0 aromatic heterocycles. The first-order chi connectivity index (χ1) is 11.1. The molecule has 1 heterocycles. The van der Waals surface area contributed by atoms with Gasteiger partial charge in [-0.25, -0.2) is 4.39 Å². The summed E-state index contributed by atoms with van der Waals surface area (Å²) < 4.78 is 19.3. The van der Waals surface area contributed by atoms with Gasteiger partial charge in [0.05, 0.1) is 24.8 Å². The number of hydrogen-bond donors (Lipinski definition) is 2. The Kier molecular flexibility index (Phi) is 6.47. The Hall–Kier alpha value is -1.33. The average Bonchev–Trinajstić information content (AvgIpc) is 2.98. The molecule has 4 atom stereocenters. The second-order valence-corrected chi connectivity index (χ2v) is 6.69. The monoisotopic (exact) mass is 356 g/mol. The van der Waals surface area contributed by atoms with E-state index in [2.05, 4.69) is 10.6 Å². The fourth-order valence-electron chi connectivity index (χ4n) is 4.02. The van der Waals surface area contributed by atoms with Gasteiger partial charge in [0.1, 0.15) is 11.6 Å². The molecule has 0 radical (unpaired) electrons. The largest absolute Gasteiger partial charge is 0.496 e. The maximum Gasteiger partial charge on any atom is 0.237 e. The Morgan fingerprint density at radius 3 is 2.83 bits per heavy atom. The predicted molar refractivity (Wildman–Crippen MR) is 94.0 cm³/mol. The number of hydrogen-bond acceptors (Lipinski definition) is 3. The first-order valence-corrected chi connectivity index (χ1v) is 8.49. The van der Waals surface area contributed by atoms with Crippen molar-refractivity contribution in [3.63, 3.8) is 0 Å². The second kappa shape index (κ2) is 8.17. The van der Waals surface area contributed by atoms with Crippen LogP contribution in [0.1, 0.15) is 50.6 Å². The lowest BCUT2D eigenvalue weighted by Crippen LogP contribution is -2.44. The van der Waals surface area contributed by atoms with Gasteiger partial charge < -0.3 is 15.4 Å². The van der Waals surface area contributed by atoms with E-state index in [0.717, 1.165) is 12.8 Å². The smallest absolute Gasteiger partial charge is 0.237 e.